The minimum Gasteiger partial charge on any atom is -0.408 e. The highest BCUT2D eigenvalue weighted by Crippen LogP contribution is 2.28. The summed E-state index contributed by atoms with van der Waals surface area (Å²) in [4.78, 5) is 72.1. The molecule has 8 rings (SSSR count). The fourth-order valence-corrected chi connectivity index (χ4v) is 7.62. The number of imide groups is 1. The van der Waals surface area contributed by atoms with Crippen LogP contribution in [0.2, 0.25) is 0 Å². The van der Waals surface area contributed by atoms with Gasteiger partial charge in [-0.3, -0.25) is 29.2 Å². The van der Waals surface area contributed by atoms with Gasteiger partial charge in [-0.2, -0.15) is 4.98 Å². The topological polar surface area (TPSA) is 207 Å². The van der Waals surface area contributed by atoms with Crippen LogP contribution in [0.1, 0.15) is 85.8 Å². The molecule has 0 radical (unpaired) electrons. The molecular weight excluding hydrogens is 767 g/mol. The van der Waals surface area contributed by atoms with Crippen LogP contribution in [-0.2, 0) is 21.4 Å². The molecule has 6 heterocycles. The molecule has 1 unspecified atom stereocenters. The molecule has 3 N–H and O–H groups in total. The predicted molar refractivity (Wildman–Crippen MR) is 223 cm³/mol. The number of nitrogens with one attached hydrogen (secondary N) is 3. The van der Waals surface area contributed by atoms with Crippen LogP contribution in [0.25, 0.3) is 22.4 Å². The summed E-state index contributed by atoms with van der Waals surface area (Å²) in [6, 6.07) is 16.5. The number of oxazole rings is 1. The van der Waals surface area contributed by atoms with Crippen molar-refractivity contribution in [2.24, 2.45) is 0 Å². The second kappa shape index (κ2) is 16.5. The zero-order chi connectivity index (χ0) is 42.1. The quantitative estimate of drug-likeness (QED) is 0.147. The average Bonchev–Trinajstić information content (AvgIpc) is 3.86. The number of nitrogens with zero attached hydrogens (tertiary/aromatic N) is 8. The zero-order valence-corrected chi connectivity index (χ0v) is 34.2. The Labute approximate surface area is 345 Å². The van der Waals surface area contributed by atoms with Crippen LogP contribution in [0.5, 0.6) is 0 Å². The lowest BCUT2D eigenvalue weighted by Crippen LogP contribution is -2.47. The van der Waals surface area contributed by atoms with E-state index in [-0.39, 0.29) is 36.1 Å². The van der Waals surface area contributed by atoms with Crippen LogP contribution in [0.4, 0.5) is 17.3 Å². The number of piperidine rings is 1. The molecule has 17 nitrogen and oxygen atoms in total. The number of benzene rings is 2. The average molecular weight is 814 g/mol. The van der Waals surface area contributed by atoms with Gasteiger partial charge in [0.05, 0.1) is 29.1 Å². The number of carbonyl (C=O) groups is 3. The highest BCUT2D eigenvalue weighted by Gasteiger charge is 2.31. The van der Waals surface area contributed by atoms with E-state index in [0.717, 1.165) is 72.8 Å². The Hall–Kier alpha value is -6.75. The van der Waals surface area contributed by atoms with Crippen molar-refractivity contribution in [2.75, 3.05) is 42.9 Å². The van der Waals surface area contributed by atoms with Crippen molar-refractivity contribution in [3.8, 4) is 11.3 Å². The zero-order valence-electron chi connectivity index (χ0n) is 34.2. The Morgan fingerprint density at radius 3 is 2.50 bits per heavy atom. The van der Waals surface area contributed by atoms with Gasteiger partial charge in [0.15, 0.2) is 11.4 Å². The van der Waals surface area contributed by atoms with Crippen LogP contribution in [0.3, 0.4) is 0 Å². The Balaban J connectivity index is 0.823. The highest BCUT2D eigenvalue weighted by atomic mass is 16.5. The van der Waals surface area contributed by atoms with Gasteiger partial charge in [-0.15, -0.1) is 0 Å². The second-order valence-electron chi connectivity index (χ2n) is 16.3. The van der Waals surface area contributed by atoms with Gasteiger partial charge < -0.3 is 24.5 Å². The van der Waals surface area contributed by atoms with Crippen molar-refractivity contribution in [3.63, 3.8) is 0 Å². The minimum atomic E-state index is -0.762. The molecule has 17 heteroatoms. The number of anilines is 3. The predicted octanol–water partition coefficient (Wildman–Crippen LogP) is 5.01. The van der Waals surface area contributed by atoms with Gasteiger partial charge in [-0.1, -0.05) is 44.1 Å². The summed E-state index contributed by atoms with van der Waals surface area (Å²) >= 11 is 0. The van der Waals surface area contributed by atoms with Crippen molar-refractivity contribution in [1.29, 1.82) is 0 Å². The van der Waals surface area contributed by atoms with Gasteiger partial charge in [-0.05, 0) is 73.7 Å². The molecule has 2 aromatic carbocycles. The number of amides is 3. The SMILES string of the molecule is Cc1cc(-c2cc(Nc3ccc(N4CCN(CCc5ccc6c(c5)oc(=O)n6C5CCC(=O)NC5=O)CC4)cn3)ncn2)ccc1[C@@H](C)NC(=O)c1nc(C(C)(C)C)no1. The first-order valence-corrected chi connectivity index (χ1v) is 20.0. The maximum atomic E-state index is 12.8. The molecule has 2 aliphatic rings. The second-order valence-corrected chi connectivity index (χ2v) is 16.3. The van der Waals surface area contributed by atoms with Gasteiger partial charge in [0.25, 0.3) is 0 Å². The molecule has 2 aliphatic heterocycles. The molecule has 6 aromatic rings. The molecule has 0 spiro atoms. The van der Waals surface area contributed by atoms with Crippen LogP contribution in [0, 0.1) is 6.92 Å². The number of aromatic nitrogens is 6. The van der Waals surface area contributed by atoms with E-state index in [1.807, 2.05) is 89.3 Å². The third kappa shape index (κ3) is 8.66. The summed E-state index contributed by atoms with van der Waals surface area (Å²) in [7, 11) is 0. The van der Waals surface area contributed by atoms with Crippen LogP contribution >= 0.6 is 0 Å². The standard InChI is InChI=1S/C43H47N11O6/c1-25-20-28(7-9-30(25)26(2)47-39(57)40-50-41(51-60-40)43(3,4)5)31-22-36(46-24-45-31)48-35-12-8-29(23-44-35)53-18-16-52(17-19-53)15-14-27-6-10-32-34(21-27)59-42(58)54(32)33-11-13-37(55)49-38(33)56/h6-10,12,20-24,26,33H,11,13-19H2,1-5H3,(H,47,57)(H,49,55,56)(H,44,45,46,48)/t26-,33?/m1/s1. The van der Waals surface area contributed by atoms with E-state index >= 15 is 0 Å². The Bertz CT molecular complexity index is 2620. The van der Waals surface area contributed by atoms with Crippen LogP contribution in [0.15, 0.2) is 80.9 Å². The maximum absolute atomic E-state index is 12.8. The molecule has 60 heavy (non-hydrogen) atoms. The molecule has 0 bridgehead atoms. The normalized spacial score (nSPS) is 16.8. The van der Waals surface area contributed by atoms with Crippen molar-refractivity contribution in [3.05, 3.63) is 106 Å². The molecule has 0 aliphatic carbocycles. The minimum absolute atomic E-state index is 0.0626. The van der Waals surface area contributed by atoms with Crippen molar-refractivity contribution >= 4 is 46.1 Å². The highest BCUT2D eigenvalue weighted by molar-refractivity contribution is 6.00. The van der Waals surface area contributed by atoms with E-state index < -0.39 is 23.6 Å². The summed E-state index contributed by atoms with van der Waals surface area (Å²) in [5, 5.41) is 12.5. The van der Waals surface area contributed by atoms with Gasteiger partial charge in [0.2, 0.25) is 11.8 Å². The smallest absolute Gasteiger partial charge is 0.408 e. The van der Waals surface area contributed by atoms with Gasteiger partial charge >= 0.3 is 17.6 Å². The van der Waals surface area contributed by atoms with E-state index in [0.29, 0.717) is 28.6 Å². The molecule has 310 valence electrons. The number of fused-ring (bicyclic) bond motifs is 1. The first kappa shape index (κ1) is 40.0. The first-order chi connectivity index (χ1) is 28.8. The first-order valence-electron chi connectivity index (χ1n) is 20.0. The summed E-state index contributed by atoms with van der Waals surface area (Å²) in [5.41, 5.74) is 6.32. The Kier molecular flexibility index (Phi) is 11.0. The fraction of sp³-hybridized carbons (Fsp3) is 0.372. The number of hydrogen-bond acceptors (Lipinski definition) is 14. The van der Waals surface area contributed by atoms with E-state index in [1.54, 1.807) is 0 Å². The summed E-state index contributed by atoms with van der Waals surface area (Å²) in [6.07, 6.45) is 4.61. The molecule has 2 saturated heterocycles. The third-order valence-electron chi connectivity index (χ3n) is 11.0. The molecule has 2 atom stereocenters. The van der Waals surface area contributed by atoms with Crippen molar-refractivity contribution in [2.45, 2.75) is 71.4 Å². The lowest BCUT2D eigenvalue weighted by molar-refractivity contribution is -0.135. The maximum Gasteiger partial charge on any atom is 0.420 e. The Morgan fingerprint density at radius 2 is 1.78 bits per heavy atom. The fourth-order valence-electron chi connectivity index (χ4n) is 7.62. The summed E-state index contributed by atoms with van der Waals surface area (Å²) in [5.74, 6) is -0.154. The molecular formula is C43H47N11O6. The molecule has 3 amide bonds. The summed E-state index contributed by atoms with van der Waals surface area (Å²) < 4.78 is 12.1. The number of piperazine rings is 1. The summed E-state index contributed by atoms with van der Waals surface area (Å²) in [6.45, 7) is 14.1. The van der Waals surface area contributed by atoms with Gasteiger partial charge in [0.1, 0.15) is 24.0 Å². The number of carbonyl (C=O) groups excluding carboxylic acids is 3. The van der Waals surface area contributed by atoms with Gasteiger partial charge in [0, 0.05) is 56.2 Å². The van der Waals surface area contributed by atoms with E-state index in [4.69, 9.17) is 8.94 Å². The third-order valence-corrected chi connectivity index (χ3v) is 11.0. The number of pyridine rings is 1. The molecule has 2 fully saturated rings. The van der Waals surface area contributed by atoms with Crippen molar-refractivity contribution < 1.29 is 23.3 Å². The van der Waals surface area contributed by atoms with Crippen molar-refractivity contribution in [1.82, 2.24) is 45.2 Å². The number of hydrogen-bond donors (Lipinski definition) is 3. The largest absolute Gasteiger partial charge is 0.420 e. The Morgan fingerprint density at radius 1 is 0.967 bits per heavy atom. The number of aryl methyl sites for hydroxylation is 1. The van der Waals surface area contributed by atoms with E-state index in [1.165, 1.54) is 10.9 Å². The lowest BCUT2D eigenvalue weighted by atomic mass is 9.96. The van der Waals surface area contributed by atoms with E-state index in [2.05, 4.69) is 56.9 Å². The van der Waals surface area contributed by atoms with E-state index in [9.17, 15) is 19.2 Å². The molecule has 4 aromatic heterocycles. The number of rotatable bonds is 11. The van der Waals surface area contributed by atoms with Crippen LogP contribution in [-0.4, -0.2) is 85.0 Å². The lowest BCUT2D eigenvalue weighted by Gasteiger charge is -2.36. The monoisotopic (exact) mass is 813 g/mol. The van der Waals surface area contributed by atoms with Crippen LogP contribution < -0.4 is 26.6 Å². The van der Waals surface area contributed by atoms with Gasteiger partial charge in [-0.25, -0.2) is 19.7 Å². The molecule has 0 saturated carbocycles.